The second kappa shape index (κ2) is 5.54. The number of carbonyl (C=O) groups is 3. The number of nitrogens with zero attached hydrogens (tertiary/aromatic N) is 1. The van der Waals surface area contributed by atoms with Gasteiger partial charge in [0.2, 0.25) is 0 Å². The zero-order valence-electron chi connectivity index (χ0n) is 11.7. The van der Waals surface area contributed by atoms with Crippen molar-refractivity contribution in [2.75, 3.05) is 12.0 Å². The summed E-state index contributed by atoms with van der Waals surface area (Å²) in [5.41, 5.74) is -3.31. The van der Waals surface area contributed by atoms with Gasteiger partial charge in [-0.05, 0) is 31.2 Å². The first-order valence-electron chi connectivity index (χ1n) is 6.10. The number of anilines is 1. The molecule has 8 heteroatoms. The largest absolute Gasteiger partial charge is 0.503 e. The number of amides is 1. The number of carbonyl (C=O) groups excluding carboxylic acids is 3. The highest BCUT2D eigenvalue weighted by Gasteiger charge is 2.59. The lowest BCUT2D eigenvalue weighted by Crippen LogP contribution is -2.56. The van der Waals surface area contributed by atoms with Crippen LogP contribution in [0.2, 0.25) is 0 Å². The van der Waals surface area contributed by atoms with E-state index in [-0.39, 0.29) is 5.69 Å². The van der Waals surface area contributed by atoms with Crippen LogP contribution in [0.5, 0.6) is 0 Å². The van der Waals surface area contributed by atoms with Gasteiger partial charge in [-0.2, -0.15) is 0 Å². The summed E-state index contributed by atoms with van der Waals surface area (Å²) in [6.45, 7) is 1.03. The van der Waals surface area contributed by atoms with Crippen LogP contribution in [-0.2, 0) is 19.1 Å². The van der Waals surface area contributed by atoms with E-state index in [1.807, 2.05) is 0 Å². The first kappa shape index (κ1) is 16.2. The van der Waals surface area contributed by atoms with Gasteiger partial charge in [-0.15, -0.1) is 0 Å². The SMILES string of the molecule is COC(=O)[C@@]1(O)C(C(C)=O)=C(O)C(=O)N1c1ccc(Br)cc1. The fourth-order valence-electron chi connectivity index (χ4n) is 2.28. The lowest BCUT2D eigenvalue weighted by molar-refractivity contribution is -0.159. The van der Waals surface area contributed by atoms with Crippen LogP contribution in [0.4, 0.5) is 5.69 Å². The molecule has 0 aromatic heterocycles. The third-order valence-electron chi connectivity index (χ3n) is 3.22. The molecule has 7 nitrogen and oxygen atoms in total. The van der Waals surface area contributed by atoms with Gasteiger partial charge in [-0.25, -0.2) is 4.79 Å². The molecule has 22 heavy (non-hydrogen) atoms. The predicted molar refractivity (Wildman–Crippen MR) is 78.9 cm³/mol. The fourth-order valence-corrected chi connectivity index (χ4v) is 2.54. The van der Waals surface area contributed by atoms with E-state index < -0.39 is 34.7 Å². The predicted octanol–water partition coefficient (Wildman–Crippen LogP) is 1.06. The van der Waals surface area contributed by atoms with E-state index in [2.05, 4.69) is 20.7 Å². The number of Topliss-reactive ketones (excluding diaryl/α,β-unsaturated/α-hetero) is 1. The smallest absolute Gasteiger partial charge is 0.365 e. The number of ketones is 1. The van der Waals surface area contributed by atoms with Crippen LogP contribution in [0.3, 0.4) is 0 Å². The molecular weight excluding hydrogens is 358 g/mol. The second-order valence-electron chi connectivity index (χ2n) is 4.56. The zero-order valence-corrected chi connectivity index (χ0v) is 13.2. The minimum absolute atomic E-state index is 0.115. The number of esters is 1. The van der Waals surface area contributed by atoms with Crippen molar-refractivity contribution in [2.24, 2.45) is 0 Å². The average Bonchev–Trinajstić information content (AvgIpc) is 2.67. The number of hydrogen-bond acceptors (Lipinski definition) is 6. The van der Waals surface area contributed by atoms with E-state index in [1.165, 1.54) is 12.1 Å². The molecule has 1 aliphatic heterocycles. The number of rotatable bonds is 3. The van der Waals surface area contributed by atoms with Crippen molar-refractivity contribution in [3.05, 3.63) is 40.1 Å². The van der Waals surface area contributed by atoms with Crippen molar-refractivity contribution < 1.29 is 29.3 Å². The van der Waals surface area contributed by atoms with Crippen molar-refractivity contribution in [1.82, 2.24) is 0 Å². The van der Waals surface area contributed by atoms with Crippen LogP contribution in [0, 0.1) is 0 Å². The topological polar surface area (TPSA) is 104 Å². The summed E-state index contributed by atoms with van der Waals surface area (Å²) in [6.07, 6.45) is 0. The minimum Gasteiger partial charge on any atom is -0.503 e. The van der Waals surface area contributed by atoms with E-state index in [0.717, 1.165) is 14.0 Å². The summed E-state index contributed by atoms with van der Waals surface area (Å²) in [7, 11) is 0.998. The highest BCUT2D eigenvalue weighted by molar-refractivity contribution is 9.10. The second-order valence-corrected chi connectivity index (χ2v) is 5.48. The fraction of sp³-hybridized carbons (Fsp3) is 0.214. The minimum atomic E-state index is -2.71. The molecule has 0 spiro atoms. The number of ether oxygens (including phenoxy) is 1. The molecule has 1 atom stereocenters. The standard InChI is InChI=1S/C14H12BrNO6/c1-7(17)10-11(18)12(19)16(14(10,21)13(20)22-2)9-5-3-8(15)4-6-9/h3-6,18,21H,1-2H3/t14-/m0/s1. The van der Waals surface area contributed by atoms with Crippen LogP contribution < -0.4 is 4.90 Å². The first-order valence-corrected chi connectivity index (χ1v) is 6.90. The van der Waals surface area contributed by atoms with Crippen molar-refractivity contribution >= 4 is 39.3 Å². The van der Waals surface area contributed by atoms with E-state index in [0.29, 0.717) is 9.37 Å². The summed E-state index contributed by atoms with van der Waals surface area (Å²) in [4.78, 5) is 36.6. The van der Waals surface area contributed by atoms with E-state index in [1.54, 1.807) is 12.1 Å². The summed E-state index contributed by atoms with van der Waals surface area (Å²) in [5.74, 6) is -4.12. The van der Waals surface area contributed by atoms with Crippen LogP contribution in [0.1, 0.15) is 6.92 Å². The zero-order chi connectivity index (χ0) is 16.7. The molecule has 0 saturated heterocycles. The molecule has 1 aromatic carbocycles. The molecule has 2 rings (SSSR count). The van der Waals surface area contributed by atoms with Gasteiger partial charge in [0.25, 0.3) is 11.6 Å². The summed E-state index contributed by atoms with van der Waals surface area (Å²) in [5, 5.41) is 20.6. The molecule has 0 unspecified atom stereocenters. The first-order chi connectivity index (χ1) is 10.2. The quantitative estimate of drug-likeness (QED) is 0.772. The van der Waals surface area contributed by atoms with Crippen LogP contribution in [0.25, 0.3) is 0 Å². The lowest BCUT2D eigenvalue weighted by atomic mass is 10.00. The normalized spacial score (nSPS) is 21.3. The number of hydrogen-bond donors (Lipinski definition) is 2. The molecule has 1 amide bonds. The Morgan fingerprint density at radius 3 is 2.27 bits per heavy atom. The molecule has 0 aliphatic carbocycles. The van der Waals surface area contributed by atoms with E-state index in [9.17, 15) is 24.6 Å². The number of benzene rings is 1. The maximum atomic E-state index is 12.2. The Hall–Kier alpha value is -2.19. The van der Waals surface area contributed by atoms with Crippen molar-refractivity contribution in [2.45, 2.75) is 12.6 Å². The van der Waals surface area contributed by atoms with Crippen molar-refractivity contribution in [3.63, 3.8) is 0 Å². The Balaban J connectivity index is 2.68. The Morgan fingerprint density at radius 2 is 1.82 bits per heavy atom. The van der Waals surface area contributed by atoms with Gasteiger partial charge in [0.05, 0.1) is 7.11 Å². The van der Waals surface area contributed by atoms with Gasteiger partial charge in [-0.1, -0.05) is 15.9 Å². The summed E-state index contributed by atoms with van der Waals surface area (Å²) >= 11 is 3.22. The number of methoxy groups -OCH3 is 1. The molecule has 0 saturated carbocycles. The highest BCUT2D eigenvalue weighted by Crippen LogP contribution is 2.38. The van der Waals surface area contributed by atoms with Crippen molar-refractivity contribution in [3.8, 4) is 0 Å². The number of aliphatic hydroxyl groups excluding tert-OH is 1. The maximum Gasteiger partial charge on any atom is 0.365 e. The Labute approximate surface area is 133 Å². The highest BCUT2D eigenvalue weighted by atomic mass is 79.9. The van der Waals surface area contributed by atoms with Gasteiger partial charge >= 0.3 is 5.97 Å². The lowest BCUT2D eigenvalue weighted by Gasteiger charge is -2.32. The van der Waals surface area contributed by atoms with Gasteiger partial charge in [0.15, 0.2) is 11.5 Å². The molecule has 1 heterocycles. The maximum absolute atomic E-state index is 12.2. The molecule has 116 valence electrons. The van der Waals surface area contributed by atoms with E-state index >= 15 is 0 Å². The average molecular weight is 370 g/mol. The number of halogens is 1. The Morgan fingerprint density at radius 1 is 1.27 bits per heavy atom. The van der Waals surface area contributed by atoms with Crippen LogP contribution in [0.15, 0.2) is 40.1 Å². The van der Waals surface area contributed by atoms with E-state index in [4.69, 9.17) is 0 Å². The summed E-state index contributed by atoms with van der Waals surface area (Å²) < 4.78 is 5.20. The van der Waals surface area contributed by atoms with Gasteiger partial charge in [0, 0.05) is 10.2 Å². The number of aliphatic hydroxyl groups is 2. The third kappa shape index (κ3) is 2.20. The van der Waals surface area contributed by atoms with Gasteiger partial charge in [-0.3, -0.25) is 14.5 Å². The molecular formula is C14H12BrNO6. The summed E-state index contributed by atoms with van der Waals surface area (Å²) in [6, 6.07) is 6.02. The third-order valence-corrected chi connectivity index (χ3v) is 3.75. The monoisotopic (exact) mass is 369 g/mol. The Kier molecular flexibility index (Phi) is 4.08. The molecule has 0 bridgehead atoms. The molecule has 1 aliphatic rings. The van der Waals surface area contributed by atoms with Gasteiger partial charge < -0.3 is 14.9 Å². The Bertz CT molecular complexity index is 696. The molecule has 2 N–H and O–H groups in total. The molecule has 0 fully saturated rings. The van der Waals surface area contributed by atoms with Crippen molar-refractivity contribution in [1.29, 1.82) is 0 Å². The molecule has 0 radical (unpaired) electrons. The molecule has 1 aromatic rings. The van der Waals surface area contributed by atoms with Crippen LogP contribution >= 0.6 is 15.9 Å². The van der Waals surface area contributed by atoms with Crippen LogP contribution in [-0.4, -0.2) is 40.7 Å². The van der Waals surface area contributed by atoms with Gasteiger partial charge in [0.1, 0.15) is 5.57 Å².